The van der Waals surface area contributed by atoms with Crippen molar-refractivity contribution in [3.63, 3.8) is 0 Å². The Morgan fingerprint density at radius 1 is 0.450 bits per heavy atom. The number of benzene rings is 8. The van der Waals surface area contributed by atoms with Crippen LogP contribution in [0, 0.1) is 56.8 Å². The van der Waals surface area contributed by atoms with Crippen molar-refractivity contribution in [3.8, 4) is 22.4 Å². The number of carbonyl (C=O) groups is 4. The van der Waals surface area contributed by atoms with Gasteiger partial charge in [-0.3, -0.25) is 29.1 Å². The highest BCUT2D eigenvalue weighted by Gasteiger charge is 2.37. The first-order chi connectivity index (χ1) is 56.9. The maximum Gasteiger partial charge on any atom is 0.323 e. The van der Waals surface area contributed by atoms with Crippen molar-refractivity contribution >= 4 is 130 Å². The van der Waals surface area contributed by atoms with Gasteiger partial charge in [-0.25, -0.2) is 55.6 Å². The Morgan fingerprint density at radius 2 is 0.917 bits per heavy atom. The lowest BCUT2D eigenvalue weighted by Gasteiger charge is -2.26. The predicted octanol–water partition coefficient (Wildman–Crippen LogP) is 16.2. The molecule has 120 heavy (non-hydrogen) atoms. The molecule has 0 fully saturated rings. The molecule has 10 heterocycles. The van der Waals surface area contributed by atoms with Crippen molar-refractivity contribution in [2.45, 2.75) is 98.6 Å². The summed E-state index contributed by atoms with van der Waals surface area (Å²) >= 11 is 6.24. The van der Waals surface area contributed by atoms with Crippen LogP contribution in [0.1, 0.15) is 85.2 Å². The van der Waals surface area contributed by atoms with Gasteiger partial charge < -0.3 is 38.7 Å². The molecule has 18 rings (SSSR count). The maximum absolute atomic E-state index is 14.2. The summed E-state index contributed by atoms with van der Waals surface area (Å²) in [7, 11) is -14.1. The number of halogens is 6. The molecule has 1 unspecified atom stereocenters. The van der Waals surface area contributed by atoms with Crippen LogP contribution in [-0.2, 0) is 97.5 Å². The van der Waals surface area contributed by atoms with Gasteiger partial charge in [0.2, 0.25) is 19.7 Å². The van der Waals surface area contributed by atoms with E-state index in [1.807, 2.05) is 19.9 Å². The summed E-state index contributed by atoms with van der Waals surface area (Å²) in [6.07, 6.45) is 5.46. The molecule has 4 aliphatic rings. The molecule has 612 valence electrons. The van der Waals surface area contributed by atoms with E-state index >= 15 is 0 Å². The van der Waals surface area contributed by atoms with Crippen molar-refractivity contribution in [1.82, 2.24) is 28.2 Å². The first-order valence-electron chi connectivity index (χ1n) is 37.0. The number of aliphatic carboxylic acids is 4. The minimum Gasteiger partial charge on any atom is -0.480 e. The second kappa shape index (κ2) is 31.6. The lowest BCUT2D eigenvalue weighted by molar-refractivity contribution is -0.138. The van der Waals surface area contributed by atoms with Crippen molar-refractivity contribution in [3.05, 3.63) is 306 Å². The summed E-state index contributed by atoms with van der Waals surface area (Å²) < 4.78 is 177. The van der Waals surface area contributed by atoms with Crippen LogP contribution in [0.15, 0.2) is 219 Å². The standard InChI is InChI=1S/C24H16ClFN2O4S.C24H16F2N2O4S.2C20H18FNO4S/c1-13-24(18-9-15(26)3-5-21(18)28(13)11-23(29)30)19-12-33(31,32)22-8-14(2-4-17(19)22)16-6-7-27-10-20(16)25;1-13-24(18-9-15(25)4-7-21(18)28(13)11-23(29)30)19-12-33(31,32)22-8-14(2-5-17(19)22)20-6-3-16(26)10-27-20;1-12-16(9-13-2-5-19-14(8-13)6-7-27(19,25)26)17-10-15(21)3-4-18(17)22(12)11-20(23)24;1-12-20(15-8-9-27(25,26)18-5-3-2-4-14(15)18)16-10-13(21)6-7-17(16)22(12)11-19(23)24/h2*2-10,12H,11H2,1H3,(H,29,30);2-5,8,10H,6-7,9,11H2,1H3,(H,23,24);2-7,10,15H,8-9,11H2,1H3,(H,23,24). The average Bonchev–Trinajstić information content (AvgIpc) is 1.57. The molecule has 4 N–H and O–H groups in total. The molecular formula is C88H68ClF5N6O16S4. The number of carboxylic acids is 4. The van der Waals surface area contributed by atoms with E-state index in [1.165, 1.54) is 89.6 Å². The molecule has 0 radical (unpaired) electrons. The Bertz CT molecular complexity index is 7320. The number of hydrogen-bond acceptors (Lipinski definition) is 14. The molecule has 0 saturated heterocycles. The van der Waals surface area contributed by atoms with Gasteiger partial charge in [0.25, 0.3) is 0 Å². The van der Waals surface area contributed by atoms with Gasteiger partial charge in [0.1, 0.15) is 55.3 Å². The molecule has 1 atom stereocenters. The van der Waals surface area contributed by atoms with Crippen molar-refractivity contribution in [2.24, 2.45) is 0 Å². The van der Waals surface area contributed by atoms with E-state index in [9.17, 15) is 95.2 Å². The molecule has 4 aliphatic heterocycles. The number of aryl methyl sites for hydroxylation is 1. The zero-order valence-electron chi connectivity index (χ0n) is 63.8. The number of nitrogens with zero attached hydrogens (tertiary/aromatic N) is 6. The van der Waals surface area contributed by atoms with Crippen LogP contribution in [0.25, 0.3) is 77.1 Å². The van der Waals surface area contributed by atoms with Gasteiger partial charge in [-0.15, -0.1) is 0 Å². The quantitative estimate of drug-likeness (QED) is 0.0693. The second-order valence-corrected chi connectivity index (χ2v) is 37.3. The fourth-order valence-corrected chi connectivity index (χ4v) is 23.0. The van der Waals surface area contributed by atoms with E-state index < -0.39 is 86.5 Å². The molecule has 32 heteroatoms. The highest BCUT2D eigenvalue weighted by atomic mass is 35.5. The van der Waals surface area contributed by atoms with Crippen LogP contribution in [-0.4, -0.2) is 118 Å². The van der Waals surface area contributed by atoms with E-state index in [4.69, 9.17) is 11.6 Å². The molecule has 14 aromatic rings. The third kappa shape index (κ3) is 15.5. The number of aromatic nitrogens is 6. The Kier molecular flexibility index (Phi) is 21.7. The van der Waals surface area contributed by atoms with Gasteiger partial charge in [0, 0.05) is 140 Å². The third-order valence-electron chi connectivity index (χ3n) is 22.0. The third-order valence-corrected chi connectivity index (χ3v) is 28.9. The lowest BCUT2D eigenvalue weighted by atomic mass is 9.87. The zero-order valence-corrected chi connectivity index (χ0v) is 67.8. The van der Waals surface area contributed by atoms with Crippen molar-refractivity contribution in [1.29, 1.82) is 0 Å². The summed E-state index contributed by atoms with van der Waals surface area (Å²) in [4.78, 5) is 54.2. The molecule has 8 aromatic carbocycles. The Hall–Kier alpha value is -12.7. The van der Waals surface area contributed by atoms with E-state index in [-0.39, 0.29) is 59.2 Å². The number of hydrogen-bond donors (Lipinski definition) is 4. The highest BCUT2D eigenvalue weighted by Crippen LogP contribution is 2.48. The van der Waals surface area contributed by atoms with Gasteiger partial charge >= 0.3 is 23.9 Å². The second-order valence-electron chi connectivity index (χ2n) is 29.2. The van der Waals surface area contributed by atoms with Gasteiger partial charge in [0.15, 0.2) is 19.7 Å². The van der Waals surface area contributed by atoms with E-state index in [1.54, 1.807) is 119 Å². The fourth-order valence-electron chi connectivity index (χ4n) is 16.7. The van der Waals surface area contributed by atoms with Crippen molar-refractivity contribution < 1.29 is 95.2 Å². The summed E-state index contributed by atoms with van der Waals surface area (Å²) in [6, 6.07) is 43.1. The molecular weight excluding hydrogens is 1660 g/mol. The van der Waals surface area contributed by atoms with Gasteiger partial charge in [-0.1, -0.05) is 66.2 Å². The van der Waals surface area contributed by atoms with Crippen LogP contribution in [0.3, 0.4) is 0 Å². The van der Waals surface area contributed by atoms with Crippen LogP contribution < -0.4 is 0 Å². The number of carboxylic acid groups (broad SMARTS) is 4. The summed E-state index contributed by atoms with van der Waals surface area (Å²) in [5.41, 5.74) is 13.7. The number of sulfone groups is 4. The SMILES string of the molecule is Cc1c(C2=CS(=O)(=O)c3cc(-c4ccc(F)cn4)ccc32)c2cc(F)ccc2n1CC(=O)O.Cc1c(C2=CS(=O)(=O)c3cc(-c4ccncc4Cl)ccc32)c2cc(F)ccc2n1CC(=O)O.Cc1c(C2CCS(=O)(=O)c3ccccc32)c2cc(F)ccc2n1CC(=O)O.Cc1c(Cc2ccc3c(c2)CCS3(=O)=O)c2cc(F)ccc2n1CC(=O)O. The number of pyridine rings is 2. The maximum atomic E-state index is 14.2. The van der Waals surface area contributed by atoms with Gasteiger partial charge in [-0.05, 0) is 196 Å². The minimum absolute atomic E-state index is 0.00897. The highest BCUT2D eigenvalue weighted by molar-refractivity contribution is 7.95. The summed E-state index contributed by atoms with van der Waals surface area (Å²) in [6.45, 7) is 5.90. The molecule has 0 bridgehead atoms. The van der Waals surface area contributed by atoms with Gasteiger partial charge in [0.05, 0.1) is 48.0 Å². The number of fused-ring (bicyclic) bond motifs is 8. The Morgan fingerprint density at radius 3 is 1.44 bits per heavy atom. The van der Waals surface area contributed by atoms with Crippen LogP contribution >= 0.6 is 11.6 Å². The first-order valence-corrected chi connectivity index (χ1v) is 43.8. The molecule has 22 nitrogen and oxygen atoms in total. The van der Waals surface area contributed by atoms with Crippen LogP contribution in [0.4, 0.5) is 22.0 Å². The van der Waals surface area contributed by atoms with E-state index in [2.05, 4.69) is 9.97 Å². The van der Waals surface area contributed by atoms with Gasteiger partial charge in [-0.2, -0.15) is 0 Å². The topological polar surface area (TPSA) is 331 Å². The molecule has 0 saturated carbocycles. The normalized spacial score (nSPS) is 15.4. The van der Waals surface area contributed by atoms with Crippen LogP contribution in [0.2, 0.25) is 5.02 Å². The Balaban J connectivity index is 0.000000125. The zero-order chi connectivity index (χ0) is 85.7. The Labute approximate surface area is 687 Å². The monoisotopic (exact) mass is 1720 g/mol. The molecule has 0 amide bonds. The summed E-state index contributed by atoms with van der Waals surface area (Å²) in [5, 5.41) is 42.0. The predicted molar refractivity (Wildman–Crippen MR) is 440 cm³/mol. The van der Waals surface area contributed by atoms with Crippen molar-refractivity contribution in [2.75, 3.05) is 11.5 Å². The summed E-state index contributed by atoms with van der Waals surface area (Å²) in [5.74, 6) is -6.48. The molecule has 0 spiro atoms. The minimum atomic E-state index is -3.83. The fraction of sp³-hybridized carbons (Fsp3) is 0.159. The molecule has 0 aliphatic carbocycles. The average molecular weight is 1720 g/mol. The first kappa shape index (κ1) is 82.4. The number of rotatable bonds is 15. The smallest absolute Gasteiger partial charge is 0.323 e. The molecule has 6 aromatic heterocycles. The van der Waals surface area contributed by atoms with Crippen LogP contribution in [0.5, 0.6) is 0 Å². The van der Waals surface area contributed by atoms with E-state index in [0.29, 0.717) is 150 Å². The van der Waals surface area contributed by atoms with E-state index in [0.717, 1.165) is 50.7 Å². The lowest BCUT2D eigenvalue weighted by Crippen LogP contribution is -2.21. The largest absolute Gasteiger partial charge is 0.480 e.